The largest absolute Gasteiger partial charge is 0.288 e. The van der Waals surface area contributed by atoms with Gasteiger partial charge in [0.2, 0.25) is 5.91 Å². The van der Waals surface area contributed by atoms with Crippen molar-refractivity contribution in [3.05, 3.63) is 0 Å². The minimum atomic E-state index is 0.260. The van der Waals surface area contributed by atoms with E-state index in [1.807, 2.05) is 4.90 Å². The van der Waals surface area contributed by atoms with Gasteiger partial charge >= 0.3 is 0 Å². The fourth-order valence-electron chi connectivity index (χ4n) is 2.39. The zero-order valence-electron chi connectivity index (χ0n) is 10.1. The maximum Gasteiger partial charge on any atom is 0.239 e. The van der Waals surface area contributed by atoms with E-state index in [-0.39, 0.29) is 11.9 Å². The highest BCUT2D eigenvalue weighted by Crippen LogP contribution is 2.30. The monoisotopic (exact) mass is 240 g/mol. The SMILES string of the molecule is CC(C)/N=C1\SCC(=O)N1C1CCCCC1. The smallest absolute Gasteiger partial charge is 0.239 e. The number of thioether (sulfide) groups is 1. The second-order valence-corrected chi connectivity index (χ2v) is 5.79. The zero-order valence-corrected chi connectivity index (χ0v) is 10.9. The van der Waals surface area contributed by atoms with Crippen molar-refractivity contribution in [1.29, 1.82) is 0 Å². The number of nitrogens with zero attached hydrogens (tertiary/aromatic N) is 2. The lowest BCUT2D eigenvalue weighted by Crippen LogP contribution is -2.41. The van der Waals surface area contributed by atoms with E-state index >= 15 is 0 Å². The van der Waals surface area contributed by atoms with Gasteiger partial charge in [0.15, 0.2) is 5.17 Å². The number of hydrogen-bond acceptors (Lipinski definition) is 3. The lowest BCUT2D eigenvalue weighted by atomic mass is 9.94. The third-order valence-electron chi connectivity index (χ3n) is 3.11. The van der Waals surface area contributed by atoms with Crippen molar-refractivity contribution < 1.29 is 4.79 Å². The molecule has 1 heterocycles. The molecule has 0 spiro atoms. The Hall–Kier alpha value is -0.510. The Bertz CT molecular complexity index is 295. The minimum Gasteiger partial charge on any atom is -0.288 e. The van der Waals surface area contributed by atoms with Gasteiger partial charge < -0.3 is 0 Å². The normalized spacial score (nSPS) is 26.1. The Morgan fingerprint density at radius 2 is 2.00 bits per heavy atom. The predicted octanol–water partition coefficient (Wildman–Crippen LogP) is 2.66. The average molecular weight is 240 g/mol. The average Bonchev–Trinajstić information content (AvgIpc) is 2.60. The van der Waals surface area contributed by atoms with E-state index < -0.39 is 0 Å². The van der Waals surface area contributed by atoms with Gasteiger partial charge in [-0.3, -0.25) is 14.7 Å². The van der Waals surface area contributed by atoms with Crippen molar-refractivity contribution >= 4 is 22.8 Å². The highest BCUT2D eigenvalue weighted by Gasteiger charge is 2.34. The van der Waals surface area contributed by atoms with Crippen LogP contribution >= 0.6 is 11.8 Å². The number of rotatable bonds is 2. The van der Waals surface area contributed by atoms with Crippen molar-refractivity contribution in [2.75, 3.05) is 5.75 Å². The Kier molecular flexibility index (Phi) is 3.90. The number of amides is 1. The Morgan fingerprint density at radius 3 is 2.62 bits per heavy atom. The molecular weight excluding hydrogens is 220 g/mol. The molecule has 90 valence electrons. The lowest BCUT2D eigenvalue weighted by Gasteiger charge is -2.30. The standard InChI is InChI=1S/C12H20N2OS/c1-9(2)13-12-14(11(15)8-16-12)10-6-4-3-5-7-10/h9-10H,3-8H2,1-2H3/b13-12-. The summed E-state index contributed by atoms with van der Waals surface area (Å²) in [5, 5.41) is 0.965. The van der Waals surface area contributed by atoms with Crippen molar-refractivity contribution in [3.63, 3.8) is 0 Å². The van der Waals surface area contributed by atoms with Crippen molar-refractivity contribution in [2.24, 2.45) is 4.99 Å². The third-order valence-corrected chi connectivity index (χ3v) is 4.06. The summed E-state index contributed by atoms with van der Waals surface area (Å²) >= 11 is 1.61. The molecule has 0 N–H and O–H groups in total. The van der Waals surface area contributed by atoms with Crippen LogP contribution in [0.25, 0.3) is 0 Å². The quantitative estimate of drug-likeness (QED) is 0.743. The first kappa shape index (κ1) is 12.0. The topological polar surface area (TPSA) is 32.7 Å². The highest BCUT2D eigenvalue weighted by molar-refractivity contribution is 8.15. The number of hydrogen-bond donors (Lipinski definition) is 0. The van der Waals surface area contributed by atoms with E-state index in [9.17, 15) is 4.79 Å². The maximum absolute atomic E-state index is 11.9. The number of amidine groups is 1. The molecule has 0 bridgehead atoms. The molecule has 1 aliphatic heterocycles. The number of carbonyl (C=O) groups is 1. The molecule has 4 heteroatoms. The van der Waals surface area contributed by atoms with Crippen molar-refractivity contribution in [2.45, 2.75) is 58.0 Å². The predicted molar refractivity (Wildman–Crippen MR) is 68.7 cm³/mol. The highest BCUT2D eigenvalue weighted by atomic mass is 32.2. The molecule has 0 atom stereocenters. The molecule has 2 aliphatic rings. The molecule has 1 saturated heterocycles. The van der Waals surface area contributed by atoms with Crippen molar-refractivity contribution in [3.8, 4) is 0 Å². The summed E-state index contributed by atoms with van der Waals surface area (Å²) in [4.78, 5) is 18.4. The van der Waals surface area contributed by atoms with Gasteiger partial charge in [0.25, 0.3) is 0 Å². The summed E-state index contributed by atoms with van der Waals surface area (Å²) in [5.41, 5.74) is 0. The second-order valence-electron chi connectivity index (χ2n) is 4.85. The molecule has 1 amide bonds. The van der Waals surface area contributed by atoms with Gasteiger partial charge in [-0.1, -0.05) is 31.0 Å². The molecule has 0 aromatic carbocycles. The minimum absolute atomic E-state index is 0.260. The van der Waals surface area contributed by atoms with E-state index in [1.54, 1.807) is 11.8 Å². The second kappa shape index (κ2) is 5.21. The summed E-state index contributed by atoms with van der Waals surface area (Å²) in [6.45, 7) is 4.13. The van der Waals surface area contributed by atoms with Gasteiger partial charge in [-0.25, -0.2) is 0 Å². The molecule has 1 aliphatic carbocycles. The van der Waals surface area contributed by atoms with Crippen LogP contribution in [0.5, 0.6) is 0 Å². The summed E-state index contributed by atoms with van der Waals surface area (Å²) in [7, 11) is 0. The molecule has 1 saturated carbocycles. The van der Waals surface area contributed by atoms with Gasteiger partial charge in [-0.15, -0.1) is 0 Å². The van der Waals surface area contributed by atoms with Crippen LogP contribution in [0, 0.1) is 0 Å². The van der Waals surface area contributed by atoms with Crippen LogP contribution in [-0.2, 0) is 4.79 Å². The molecule has 2 rings (SSSR count). The zero-order chi connectivity index (χ0) is 11.5. The van der Waals surface area contributed by atoms with Gasteiger partial charge in [0, 0.05) is 12.1 Å². The summed E-state index contributed by atoms with van der Waals surface area (Å²) < 4.78 is 0. The lowest BCUT2D eigenvalue weighted by molar-refractivity contribution is -0.126. The third kappa shape index (κ3) is 2.59. The Morgan fingerprint density at radius 1 is 1.31 bits per heavy atom. The fraction of sp³-hybridized carbons (Fsp3) is 0.833. The van der Waals surface area contributed by atoms with Crippen LogP contribution in [0.1, 0.15) is 46.0 Å². The molecule has 0 aromatic heterocycles. The fourth-order valence-corrected chi connectivity index (χ4v) is 3.46. The molecule has 3 nitrogen and oxygen atoms in total. The van der Waals surface area contributed by atoms with Crippen LogP contribution in [0.15, 0.2) is 4.99 Å². The van der Waals surface area contributed by atoms with Crippen LogP contribution in [0.4, 0.5) is 0 Å². The molecule has 0 unspecified atom stereocenters. The summed E-state index contributed by atoms with van der Waals surface area (Å²) in [5.74, 6) is 0.846. The molecule has 16 heavy (non-hydrogen) atoms. The molecule has 0 aromatic rings. The van der Waals surface area contributed by atoms with E-state index in [1.165, 1.54) is 19.3 Å². The van der Waals surface area contributed by atoms with E-state index in [4.69, 9.17) is 0 Å². The van der Waals surface area contributed by atoms with E-state index in [2.05, 4.69) is 18.8 Å². The summed E-state index contributed by atoms with van der Waals surface area (Å²) in [6.07, 6.45) is 6.15. The maximum atomic E-state index is 11.9. The van der Waals surface area contributed by atoms with Gasteiger partial charge in [0.1, 0.15) is 0 Å². The van der Waals surface area contributed by atoms with Crippen LogP contribution in [-0.4, -0.2) is 33.8 Å². The van der Waals surface area contributed by atoms with Crippen LogP contribution in [0.3, 0.4) is 0 Å². The van der Waals surface area contributed by atoms with Crippen molar-refractivity contribution in [1.82, 2.24) is 4.90 Å². The van der Waals surface area contributed by atoms with Gasteiger partial charge in [-0.2, -0.15) is 0 Å². The van der Waals surface area contributed by atoms with Gasteiger partial charge in [-0.05, 0) is 26.7 Å². The first-order chi connectivity index (χ1) is 7.68. The van der Waals surface area contributed by atoms with E-state index in [0.717, 1.165) is 18.0 Å². The molecule has 0 radical (unpaired) electrons. The Balaban J connectivity index is 2.11. The number of aliphatic imine (C=N–C) groups is 1. The summed E-state index contributed by atoms with van der Waals surface area (Å²) in [6, 6.07) is 0.702. The van der Waals surface area contributed by atoms with E-state index in [0.29, 0.717) is 11.8 Å². The van der Waals surface area contributed by atoms with Crippen LogP contribution < -0.4 is 0 Å². The molecular formula is C12H20N2OS. The number of carbonyl (C=O) groups excluding carboxylic acids is 1. The van der Waals surface area contributed by atoms with Crippen LogP contribution in [0.2, 0.25) is 0 Å². The first-order valence-corrected chi connectivity index (χ1v) is 7.19. The molecule has 2 fully saturated rings. The Labute approximate surface area is 102 Å². The first-order valence-electron chi connectivity index (χ1n) is 6.21. The van der Waals surface area contributed by atoms with Gasteiger partial charge in [0.05, 0.1) is 5.75 Å².